The zero-order valence-corrected chi connectivity index (χ0v) is 4.28. The van der Waals surface area contributed by atoms with Gasteiger partial charge in [-0.05, 0) is 0 Å². The van der Waals surface area contributed by atoms with Crippen LogP contribution in [0.2, 0.25) is 0 Å². The number of ether oxygens (including phenoxy) is 1. The van der Waals surface area contributed by atoms with E-state index in [9.17, 15) is 4.79 Å². The van der Waals surface area contributed by atoms with E-state index in [2.05, 4.69) is 4.74 Å². The molecule has 0 radical (unpaired) electrons. The van der Waals surface area contributed by atoms with Gasteiger partial charge in [-0.15, -0.1) is 0 Å². The molecule has 0 unspecified atom stereocenters. The largest absolute Gasteiger partial charge is 0.465 e. The molecule has 48 valence electrons. The number of hydrogen-bond acceptors (Lipinski definition) is 4. The van der Waals surface area contributed by atoms with E-state index in [1.165, 1.54) is 0 Å². The number of aliphatic hydroxyl groups is 2. The van der Waals surface area contributed by atoms with Gasteiger partial charge in [-0.3, -0.25) is 4.79 Å². The van der Waals surface area contributed by atoms with Crippen LogP contribution in [0.15, 0.2) is 0 Å². The zero-order chi connectivity index (χ0) is 6.41. The van der Waals surface area contributed by atoms with Crippen LogP contribution < -0.4 is 0 Å². The fourth-order valence-corrected chi connectivity index (χ4v) is 0.203. The first kappa shape index (κ1) is 7.39. The Hall–Kier alpha value is -0.610. The minimum atomic E-state index is -0.944. The quantitative estimate of drug-likeness (QED) is 0.444. The van der Waals surface area contributed by atoms with Crippen molar-refractivity contribution < 1.29 is 19.7 Å². The number of carbonyl (C=O) groups excluding carboxylic acids is 1. The second-order valence-electron chi connectivity index (χ2n) is 1.27. The van der Waals surface area contributed by atoms with Crippen LogP contribution in [-0.2, 0) is 9.53 Å². The number of carbonyl (C=O) groups is 1. The molecular weight excluding hydrogens is 112 g/mol. The Morgan fingerprint density at radius 3 is 2.75 bits per heavy atom. The highest BCUT2D eigenvalue weighted by molar-refractivity contribution is 5.36. The third-order valence-corrected chi connectivity index (χ3v) is 0.567. The molecule has 0 heterocycles. The Morgan fingerprint density at radius 2 is 2.38 bits per heavy atom. The van der Waals surface area contributed by atoms with Crippen molar-refractivity contribution in [2.45, 2.75) is 6.10 Å². The molecule has 0 spiro atoms. The third kappa shape index (κ3) is 3.58. The molecule has 0 aliphatic heterocycles. The van der Waals surface area contributed by atoms with Gasteiger partial charge in [0.15, 0.2) is 0 Å². The average Bonchev–Trinajstić information content (AvgIpc) is 1.83. The predicted molar refractivity (Wildman–Crippen MR) is 25.1 cm³/mol. The van der Waals surface area contributed by atoms with Crippen LogP contribution in [-0.4, -0.2) is 36.0 Å². The molecule has 0 aromatic carbocycles. The fourth-order valence-electron chi connectivity index (χ4n) is 0.203. The lowest BCUT2D eigenvalue weighted by molar-refractivity contribution is -0.132. The lowest BCUT2D eigenvalue weighted by Crippen LogP contribution is -2.18. The maximum atomic E-state index is 9.41. The molecule has 0 saturated heterocycles. The van der Waals surface area contributed by atoms with Crippen molar-refractivity contribution >= 4 is 6.47 Å². The Morgan fingerprint density at radius 1 is 1.75 bits per heavy atom. The Kier molecular flexibility index (Phi) is 4.20. The van der Waals surface area contributed by atoms with E-state index in [-0.39, 0.29) is 19.7 Å². The summed E-state index contributed by atoms with van der Waals surface area (Å²) < 4.78 is 4.10. The molecule has 2 N–H and O–H groups in total. The summed E-state index contributed by atoms with van der Waals surface area (Å²) >= 11 is 0. The molecule has 8 heavy (non-hydrogen) atoms. The van der Waals surface area contributed by atoms with Crippen LogP contribution in [0.5, 0.6) is 0 Å². The molecule has 0 rings (SSSR count). The Balaban J connectivity index is 2.97. The summed E-state index contributed by atoms with van der Waals surface area (Å²) in [5, 5.41) is 16.6. The SMILES string of the molecule is O=COC[C@@H](O)CO. The van der Waals surface area contributed by atoms with Gasteiger partial charge in [0.05, 0.1) is 6.61 Å². The average molecular weight is 120 g/mol. The molecule has 0 saturated carbocycles. The zero-order valence-electron chi connectivity index (χ0n) is 4.28. The van der Waals surface area contributed by atoms with E-state index in [1.54, 1.807) is 0 Å². The van der Waals surface area contributed by atoms with E-state index in [0.717, 1.165) is 0 Å². The highest BCUT2D eigenvalue weighted by Gasteiger charge is 1.98. The molecule has 0 amide bonds. The summed E-state index contributed by atoms with van der Waals surface area (Å²) in [5.74, 6) is 0. The predicted octanol–water partition coefficient (Wildman–Crippen LogP) is -1.49. The van der Waals surface area contributed by atoms with Crippen molar-refractivity contribution in [3.8, 4) is 0 Å². The van der Waals surface area contributed by atoms with Gasteiger partial charge in [0.2, 0.25) is 0 Å². The molecule has 0 fully saturated rings. The number of hydrogen-bond donors (Lipinski definition) is 2. The van der Waals surface area contributed by atoms with Gasteiger partial charge in [-0.25, -0.2) is 0 Å². The molecule has 0 bridgehead atoms. The van der Waals surface area contributed by atoms with Crippen LogP contribution >= 0.6 is 0 Å². The number of aliphatic hydroxyl groups excluding tert-OH is 2. The van der Waals surface area contributed by atoms with Gasteiger partial charge in [0.1, 0.15) is 12.7 Å². The molecule has 1 atom stereocenters. The van der Waals surface area contributed by atoms with E-state index in [4.69, 9.17) is 10.2 Å². The first-order valence-electron chi connectivity index (χ1n) is 2.15. The topological polar surface area (TPSA) is 66.8 Å². The minimum absolute atomic E-state index is 0.139. The van der Waals surface area contributed by atoms with Gasteiger partial charge in [-0.1, -0.05) is 0 Å². The standard InChI is InChI=1S/C4H8O4/c5-1-4(7)2-8-3-6/h3-5,7H,1-2H2/t4-/m0/s1. The van der Waals surface area contributed by atoms with Crippen LogP contribution in [0.25, 0.3) is 0 Å². The van der Waals surface area contributed by atoms with Crippen molar-refractivity contribution in [2.75, 3.05) is 13.2 Å². The normalized spacial score (nSPS) is 12.8. The second kappa shape index (κ2) is 4.55. The van der Waals surface area contributed by atoms with Gasteiger partial charge >= 0.3 is 0 Å². The van der Waals surface area contributed by atoms with E-state index in [0.29, 0.717) is 0 Å². The molecule has 4 heteroatoms. The van der Waals surface area contributed by atoms with Gasteiger partial charge < -0.3 is 14.9 Å². The molecule has 0 aliphatic rings. The molecule has 0 aromatic heterocycles. The lowest BCUT2D eigenvalue weighted by atomic mass is 10.4. The van der Waals surface area contributed by atoms with E-state index in [1.807, 2.05) is 0 Å². The highest BCUT2D eigenvalue weighted by Crippen LogP contribution is 1.78. The summed E-state index contributed by atoms with van der Waals surface area (Å²) in [5.41, 5.74) is 0. The lowest BCUT2D eigenvalue weighted by Gasteiger charge is -2.02. The number of rotatable bonds is 4. The first-order chi connectivity index (χ1) is 3.81. The van der Waals surface area contributed by atoms with Crippen LogP contribution in [0.3, 0.4) is 0 Å². The first-order valence-corrected chi connectivity index (χ1v) is 2.15. The molecule has 4 nitrogen and oxygen atoms in total. The molecule has 0 aromatic rings. The van der Waals surface area contributed by atoms with Gasteiger partial charge in [0, 0.05) is 0 Å². The summed E-state index contributed by atoms with van der Waals surface area (Å²) in [4.78, 5) is 9.41. The van der Waals surface area contributed by atoms with Crippen molar-refractivity contribution in [3.05, 3.63) is 0 Å². The summed E-state index contributed by atoms with van der Waals surface area (Å²) in [6.07, 6.45) is -0.944. The van der Waals surface area contributed by atoms with Crippen molar-refractivity contribution in [3.63, 3.8) is 0 Å². The van der Waals surface area contributed by atoms with Crippen LogP contribution in [0, 0.1) is 0 Å². The summed E-state index contributed by atoms with van der Waals surface area (Å²) in [6, 6.07) is 0. The third-order valence-electron chi connectivity index (χ3n) is 0.567. The highest BCUT2D eigenvalue weighted by atomic mass is 16.5. The smallest absolute Gasteiger partial charge is 0.293 e. The summed E-state index contributed by atoms with van der Waals surface area (Å²) in [6.45, 7) is -0.299. The second-order valence-corrected chi connectivity index (χ2v) is 1.27. The van der Waals surface area contributed by atoms with Crippen molar-refractivity contribution in [1.29, 1.82) is 0 Å². The van der Waals surface area contributed by atoms with E-state index < -0.39 is 6.10 Å². The fraction of sp³-hybridized carbons (Fsp3) is 0.750. The van der Waals surface area contributed by atoms with E-state index >= 15 is 0 Å². The van der Waals surface area contributed by atoms with Crippen molar-refractivity contribution in [2.24, 2.45) is 0 Å². The Bertz CT molecular complexity index is 63.1. The molecular formula is C4H8O4. The minimum Gasteiger partial charge on any atom is -0.465 e. The maximum Gasteiger partial charge on any atom is 0.293 e. The summed E-state index contributed by atoms with van der Waals surface area (Å²) in [7, 11) is 0. The Labute approximate surface area is 46.7 Å². The monoisotopic (exact) mass is 120 g/mol. The molecule has 0 aliphatic carbocycles. The van der Waals surface area contributed by atoms with Gasteiger partial charge in [-0.2, -0.15) is 0 Å². The van der Waals surface area contributed by atoms with Crippen LogP contribution in [0.1, 0.15) is 0 Å². The van der Waals surface area contributed by atoms with Gasteiger partial charge in [0.25, 0.3) is 6.47 Å². The maximum absolute atomic E-state index is 9.41. The van der Waals surface area contributed by atoms with Crippen molar-refractivity contribution in [1.82, 2.24) is 0 Å². The van der Waals surface area contributed by atoms with Crippen LogP contribution in [0.4, 0.5) is 0 Å².